The summed E-state index contributed by atoms with van der Waals surface area (Å²) in [5, 5.41) is 7.98. The molecule has 0 amide bonds. The predicted octanol–water partition coefficient (Wildman–Crippen LogP) is 2.76. The van der Waals surface area contributed by atoms with Gasteiger partial charge < -0.3 is 15.0 Å². The third-order valence-electron chi connectivity index (χ3n) is 4.07. The van der Waals surface area contributed by atoms with E-state index < -0.39 is 0 Å². The van der Waals surface area contributed by atoms with E-state index in [1.54, 1.807) is 14.2 Å². The highest BCUT2D eigenvalue weighted by molar-refractivity contribution is 5.79. The van der Waals surface area contributed by atoms with E-state index in [0.29, 0.717) is 12.5 Å². The van der Waals surface area contributed by atoms with E-state index in [4.69, 9.17) is 4.74 Å². The predicted molar refractivity (Wildman–Crippen MR) is 102 cm³/mol. The Hall–Kier alpha value is -2.50. The highest BCUT2D eigenvalue weighted by Crippen LogP contribution is 2.18. The summed E-state index contributed by atoms with van der Waals surface area (Å²) in [6.07, 6.45) is 2.09. The van der Waals surface area contributed by atoms with E-state index >= 15 is 0 Å². The Balaban J connectivity index is 2.00. The summed E-state index contributed by atoms with van der Waals surface area (Å²) < 4.78 is 7.07. The number of aromatic nitrogens is 2. The van der Waals surface area contributed by atoms with Gasteiger partial charge in [0.15, 0.2) is 5.96 Å². The second-order valence-electron chi connectivity index (χ2n) is 6.47. The molecule has 1 N–H and O–H groups in total. The van der Waals surface area contributed by atoms with Gasteiger partial charge in [0.25, 0.3) is 0 Å². The van der Waals surface area contributed by atoms with E-state index in [1.807, 2.05) is 30.9 Å². The van der Waals surface area contributed by atoms with Gasteiger partial charge in [0.1, 0.15) is 5.75 Å². The van der Waals surface area contributed by atoms with Crippen molar-refractivity contribution in [3.63, 3.8) is 0 Å². The van der Waals surface area contributed by atoms with Gasteiger partial charge in [-0.05, 0) is 23.6 Å². The molecule has 0 saturated carbocycles. The van der Waals surface area contributed by atoms with Gasteiger partial charge in [0.2, 0.25) is 0 Å². The number of hydrogen-bond donors (Lipinski definition) is 1. The fourth-order valence-electron chi connectivity index (χ4n) is 2.80. The van der Waals surface area contributed by atoms with Gasteiger partial charge in [-0.2, -0.15) is 5.10 Å². The molecule has 0 aliphatic heterocycles. The van der Waals surface area contributed by atoms with Crippen molar-refractivity contribution in [3.05, 3.63) is 47.3 Å². The minimum atomic E-state index is 0.402. The number of nitrogens with zero attached hydrogens (tertiary/aromatic N) is 4. The van der Waals surface area contributed by atoms with Crippen LogP contribution in [0.5, 0.6) is 5.75 Å². The van der Waals surface area contributed by atoms with Gasteiger partial charge in [0, 0.05) is 46.0 Å². The molecular formula is C19H29N5O. The number of ether oxygens (including phenoxy) is 1. The van der Waals surface area contributed by atoms with Crippen LogP contribution in [-0.4, -0.2) is 41.8 Å². The number of hydrogen-bond acceptors (Lipinski definition) is 3. The van der Waals surface area contributed by atoms with E-state index in [-0.39, 0.29) is 0 Å². The lowest BCUT2D eigenvalue weighted by Gasteiger charge is -2.22. The number of rotatable bonds is 6. The Morgan fingerprint density at radius 2 is 2.00 bits per heavy atom. The van der Waals surface area contributed by atoms with Gasteiger partial charge in [-0.1, -0.05) is 26.0 Å². The number of benzene rings is 1. The van der Waals surface area contributed by atoms with Crippen molar-refractivity contribution in [2.45, 2.75) is 32.9 Å². The van der Waals surface area contributed by atoms with E-state index in [2.05, 4.69) is 52.5 Å². The largest absolute Gasteiger partial charge is 0.497 e. The van der Waals surface area contributed by atoms with Crippen LogP contribution in [-0.2, 0) is 20.1 Å². The first-order valence-electron chi connectivity index (χ1n) is 8.51. The number of aliphatic imine (C=N–C) groups is 1. The minimum Gasteiger partial charge on any atom is -0.497 e. The Kier molecular flexibility index (Phi) is 6.44. The van der Waals surface area contributed by atoms with Crippen LogP contribution in [0.25, 0.3) is 0 Å². The molecule has 0 aliphatic rings. The lowest BCUT2D eigenvalue weighted by Crippen LogP contribution is -2.38. The summed E-state index contributed by atoms with van der Waals surface area (Å²) in [5.74, 6) is 2.12. The lowest BCUT2D eigenvalue weighted by molar-refractivity contribution is 0.414. The average Bonchev–Trinajstić information content (AvgIpc) is 2.96. The van der Waals surface area contributed by atoms with Crippen molar-refractivity contribution in [1.82, 2.24) is 20.0 Å². The third kappa shape index (κ3) is 4.98. The van der Waals surface area contributed by atoms with Crippen LogP contribution in [0.3, 0.4) is 0 Å². The molecule has 1 aromatic heterocycles. The number of methoxy groups -OCH3 is 1. The van der Waals surface area contributed by atoms with Crippen molar-refractivity contribution >= 4 is 5.96 Å². The number of aryl methyl sites for hydroxylation is 1. The zero-order chi connectivity index (χ0) is 18.4. The highest BCUT2D eigenvalue weighted by Gasteiger charge is 2.15. The number of guanidine groups is 1. The molecule has 0 atom stereocenters. The maximum atomic E-state index is 5.19. The second-order valence-corrected chi connectivity index (χ2v) is 6.47. The average molecular weight is 343 g/mol. The molecule has 1 aromatic carbocycles. The molecule has 0 saturated heterocycles. The third-order valence-corrected chi connectivity index (χ3v) is 4.07. The number of nitrogens with one attached hydrogen (secondary N) is 1. The van der Waals surface area contributed by atoms with Crippen LogP contribution < -0.4 is 10.1 Å². The van der Waals surface area contributed by atoms with Crippen molar-refractivity contribution in [3.8, 4) is 5.75 Å². The fraction of sp³-hybridized carbons (Fsp3) is 0.474. The Labute approximate surface area is 150 Å². The van der Waals surface area contributed by atoms with E-state index in [1.165, 1.54) is 11.1 Å². The molecule has 6 nitrogen and oxygen atoms in total. The molecule has 0 aliphatic carbocycles. The first-order valence-corrected chi connectivity index (χ1v) is 8.51. The summed E-state index contributed by atoms with van der Waals surface area (Å²) in [6, 6.07) is 8.04. The van der Waals surface area contributed by atoms with Crippen LogP contribution in [0.4, 0.5) is 0 Å². The molecule has 1 heterocycles. The molecule has 6 heteroatoms. The summed E-state index contributed by atoms with van der Waals surface area (Å²) >= 11 is 0. The molecule has 2 aromatic rings. The topological polar surface area (TPSA) is 54.7 Å². The molecule has 0 bridgehead atoms. The van der Waals surface area contributed by atoms with Crippen LogP contribution >= 0.6 is 0 Å². The standard InChI is InChI=1S/C19H29N5O/c1-14(2)18-16(13-24(5)22-18)12-23(4)19(20-3)21-11-15-7-9-17(25-6)10-8-15/h7-10,13-14H,11-12H2,1-6H3,(H,20,21). The van der Waals surface area contributed by atoms with Crippen LogP contribution in [0.15, 0.2) is 35.5 Å². The Morgan fingerprint density at radius 1 is 1.32 bits per heavy atom. The van der Waals surface area contributed by atoms with Crippen molar-refractivity contribution in [2.75, 3.05) is 21.2 Å². The first-order chi connectivity index (χ1) is 11.9. The molecule has 0 unspecified atom stereocenters. The van der Waals surface area contributed by atoms with Crippen molar-refractivity contribution in [2.24, 2.45) is 12.0 Å². The van der Waals surface area contributed by atoms with Gasteiger partial charge in [0.05, 0.1) is 12.8 Å². The van der Waals surface area contributed by atoms with Crippen LogP contribution in [0, 0.1) is 0 Å². The van der Waals surface area contributed by atoms with Gasteiger partial charge >= 0.3 is 0 Å². The molecule has 0 radical (unpaired) electrons. The summed E-state index contributed by atoms with van der Waals surface area (Å²) in [6.45, 7) is 5.82. The smallest absolute Gasteiger partial charge is 0.193 e. The van der Waals surface area contributed by atoms with Crippen molar-refractivity contribution < 1.29 is 4.74 Å². The maximum absolute atomic E-state index is 5.19. The monoisotopic (exact) mass is 343 g/mol. The maximum Gasteiger partial charge on any atom is 0.193 e. The lowest BCUT2D eigenvalue weighted by atomic mass is 10.1. The molecule has 2 rings (SSSR count). The zero-order valence-electron chi connectivity index (χ0n) is 16.1. The fourth-order valence-corrected chi connectivity index (χ4v) is 2.80. The highest BCUT2D eigenvalue weighted by atomic mass is 16.5. The molecule has 25 heavy (non-hydrogen) atoms. The Bertz CT molecular complexity index is 703. The Morgan fingerprint density at radius 3 is 2.56 bits per heavy atom. The van der Waals surface area contributed by atoms with Gasteiger partial charge in [-0.25, -0.2) is 0 Å². The van der Waals surface area contributed by atoms with Crippen molar-refractivity contribution in [1.29, 1.82) is 0 Å². The summed E-state index contributed by atoms with van der Waals surface area (Å²) in [5.41, 5.74) is 3.55. The second kappa shape index (κ2) is 8.55. The van der Waals surface area contributed by atoms with E-state index in [0.717, 1.165) is 23.9 Å². The quantitative estimate of drug-likeness (QED) is 0.647. The minimum absolute atomic E-state index is 0.402. The first kappa shape index (κ1) is 18.8. The summed E-state index contributed by atoms with van der Waals surface area (Å²) in [4.78, 5) is 6.51. The van der Waals surface area contributed by atoms with Crippen LogP contribution in [0.1, 0.15) is 36.6 Å². The SMILES string of the molecule is CN=C(NCc1ccc(OC)cc1)N(C)Cc1cn(C)nc1C(C)C. The summed E-state index contributed by atoms with van der Waals surface area (Å²) in [7, 11) is 7.49. The normalized spacial score (nSPS) is 11.7. The molecule has 136 valence electrons. The molecule has 0 fully saturated rings. The van der Waals surface area contributed by atoms with Crippen LogP contribution in [0.2, 0.25) is 0 Å². The molecular weight excluding hydrogens is 314 g/mol. The molecule has 0 spiro atoms. The zero-order valence-corrected chi connectivity index (χ0v) is 16.1. The van der Waals surface area contributed by atoms with Gasteiger partial charge in [-0.3, -0.25) is 9.67 Å². The van der Waals surface area contributed by atoms with Gasteiger partial charge in [-0.15, -0.1) is 0 Å². The van der Waals surface area contributed by atoms with E-state index in [9.17, 15) is 0 Å².